The van der Waals surface area contributed by atoms with E-state index in [9.17, 15) is 0 Å². The lowest BCUT2D eigenvalue weighted by molar-refractivity contribution is 0.577. The van der Waals surface area contributed by atoms with Gasteiger partial charge in [0.1, 0.15) is 5.82 Å². The van der Waals surface area contributed by atoms with Crippen LogP contribution >= 0.6 is 0 Å². The zero-order valence-electron chi connectivity index (χ0n) is 7.92. The minimum absolute atomic E-state index is 0.390. The average Bonchev–Trinajstić information content (AvgIpc) is 2.86. The zero-order chi connectivity index (χ0) is 10.3. The van der Waals surface area contributed by atoms with Gasteiger partial charge in [-0.2, -0.15) is 4.68 Å². The van der Waals surface area contributed by atoms with Crippen LogP contribution in [0.2, 0.25) is 0 Å². The highest BCUT2D eigenvalue weighted by Gasteiger charge is 2.17. The number of nitrogens with two attached hydrogens (primary N) is 1. The highest BCUT2D eigenvalue weighted by Crippen LogP contribution is 2.16. The Kier molecular flexibility index (Phi) is 1.61. The van der Waals surface area contributed by atoms with Crippen LogP contribution < -0.4 is 5.73 Å². The van der Waals surface area contributed by atoms with Crippen molar-refractivity contribution in [2.24, 2.45) is 10.7 Å². The van der Waals surface area contributed by atoms with Crippen molar-refractivity contribution in [1.29, 1.82) is 0 Å². The van der Waals surface area contributed by atoms with Gasteiger partial charge in [-0.15, -0.1) is 5.10 Å². The number of hydrogen-bond acceptors (Lipinski definition) is 5. The average molecular weight is 203 g/mol. The molecule has 76 valence electrons. The number of rotatable bonds is 1. The summed E-state index contributed by atoms with van der Waals surface area (Å²) in [6.45, 7) is 0.669. The Balaban J connectivity index is 2.11. The molecule has 15 heavy (non-hydrogen) atoms. The molecule has 0 radical (unpaired) electrons. The fraction of sp³-hybridized carbons (Fsp3) is 0.222. The van der Waals surface area contributed by atoms with Crippen molar-refractivity contribution in [2.45, 2.75) is 6.42 Å². The lowest BCUT2D eigenvalue weighted by Gasteiger charge is -2.07. The molecular weight excluding hydrogens is 194 g/mol. The van der Waals surface area contributed by atoms with Gasteiger partial charge in [-0.3, -0.25) is 4.99 Å². The van der Waals surface area contributed by atoms with E-state index in [0.717, 1.165) is 12.2 Å². The van der Waals surface area contributed by atoms with Gasteiger partial charge in [-0.1, -0.05) is 0 Å². The van der Waals surface area contributed by atoms with Gasteiger partial charge in [0.25, 0.3) is 0 Å². The van der Waals surface area contributed by atoms with E-state index in [2.05, 4.69) is 15.1 Å². The fourth-order valence-electron chi connectivity index (χ4n) is 1.54. The molecule has 0 bridgehead atoms. The second-order valence-corrected chi connectivity index (χ2v) is 3.23. The number of fused-ring (bicyclic) bond motifs is 1. The number of aromatic nitrogens is 3. The molecule has 1 aliphatic rings. The van der Waals surface area contributed by atoms with Gasteiger partial charge in [0, 0.05) is 13.0 Å². The standard InChI is InChI=1S/C9H9N5O/c10-9-11-4-3-7-12-8(13-14(7)9)6-2-1-5-15-6/h1-2,5H,3-4H2,(H2,10,11). The Morgan fingerprint density at radius 2 is 2.40 bits per heavy atom. The van der Waals surface area contributed by atoms with E-state index < -0.39 is 0 Å². The van der Waals surface area contributed by atoms with Crippen molar-refractivity contribution >= 4 is 5.96 Å². The van der Waals surface area contributed by atoms with Crippen molar-refractivity contribution in [1.82, 2.24) is 14.8 Å². The summed E-state index contributed by atoms with van der Waals surface area (Å²) in [7, 11) is 0. The Labute approximate surface area is 85.4 Å². The molecule has 3 heterocycles. The van der Waals surface area contributed by atoms with Crippen molar-refractivity contribution in [3.8, 4) is 11.6 Å². The Hall–Kier alpha value is -2.11. The third kappa shape index (κ3) is 1.22. The third-order valence-corrected chi connectivity index (χ3v) is 2.24. The lowest BCUT2D eigenvalue weighted by Crippen LogP contribution is -2.29. The molecule has 3 rings (SSSR count). The van der Waals surface area contributed by atoms with Crippen molar-refractivity contribution < 1.29 is 4.42 Å². The van der Waals surface area contributed by atoms with Gasteiger partial charge in [0.05, 0.1) is 6.26 Å². The molecule has 2 aromatic heterocycles. The molecule has 2 aromatic rings. The maximum Gasteiger partial charge on any atom is 0.218 e. The summed E-state index contributed by atoms with van der Waals surface area (Å²) < 4.78 is 6.77. The van der Waals surface area contributed by atoms with Crippen LogP contribution in [0.3, 0.4) is 0 Å². The molecule has 0 aromatic carbocycles. The number of hydrogen-bond donors (Lipinski definition) is 1. The predicted octanol–water partition coefficient (Wildman–Crippen LogP) is 0.257. The van der Waals surface area contributed by atoms with Crippen LogP contribution in [0, 0.1) is 0 Å². The summed E-state index contributed by atoms with van der Waals surface area (Å²) in [6.07, 6.45) is 2.35. The van der Waals surface area contributed by atoms with Gasteiger partial charge < -0.3 is 10.2 Å². The molecule has 0 aliphatic carbocycles. The molecule has 0 saturated carbocycles. The first-order valence-corrected chi connectivity index (χ1v) is 4.65. The number of nitrogens with zero attached hydrogens (tertiary/aromatic N) is 4. The van der Waals surface area contributed by atoms with Crippen LogP contribution in [0.1, 0.15) is 5.82 Å². The van der Waals surface area contributed by atoms with E-state index in [4.69, 9.17) is 10.2 Å². The normalized spacial score (nSPS) is 14.8. The van der Waals surface area contributed by atoms with Gasteiger partial charge in [-0.05, 0) is 12.1 Å². The first-order valence-electron chi connectivity index (χ1n) is 4.65. The highest BCUT2D eigenvalue weighted by molar-refractivity contribution is 5.81. The van der Waals surface area contributed by atoms with Crippen LogP contribution in [0.4, 0.5) is 0 Å². The number of aliphatic imine (C=N–C) groups is 1. The van der Waals surface area contributed by atoms with Gasteiger partial charge >= 0.3 is 0 Å². The minimum atomic E-state index is 0.390. The summed E-state index contributed by atoms with van der Waals surface area (Å²) >= 11 is 0. The Morgan fingerprint density at radius 1 is 1.47 bits per heavy atom. The fourth-order valence-corrected chi connectivity index (χ4v) is 1.54. The van der Waals surface area contributed by atoms with Crippen LogP contribution in [-0.2, 0) is 6.42 Å². The molecule has 0 fully saturated rings. The third-order valence-electron chi connectivity index (χ3n) is 2.24. The summed E-state index contributed by atoms with van der Waals surface area (Å²) in [4.78, 5) is 8.43. The van der Waals surface area contributed by atoms with E-state index >= 15 is 0 Å². The molecule has 2 N–H and O–H groups in total. The van der Waals surface area contributed by atoms with Gasteiger partial charge in [-0.25, -0.2) is 4.98 Å². The molecule has 0 unspecified atom stereocenters. The maximum atomic E-state index is 5.69. The Morgan fingerprint density at radius 3 is 3.13 bits per heavy atom. The van der Waals surface area contributed by atoms with Crippen molar-refractivity contribution in [3.63, 3.8) is 0 Å². The first-order chi connectivity index (χ1) is 7.34. The zero-order valence-corrected chi connectivity index (χ0v) is 7.92. The molecule has 0 saturated heterocycles. The summed E-state index contributed by atoms with van der Waals surface area (Å²) in [5, 5.41) is 4.23. The molecule has 0 spiro atoms. The monoisotopic (exact) mass is 203 g/mol. The molecule has 6 heteroatoms. The summed E-state index contributed by atoms with van der Waals surface area (Å²) in [5.74, 6) is 2.41. The molecule has 6 nitrogen and oxygen atoms in total. The quantitative estimate of drug-likeness (QED) is 0.720. The van der Waals surface area contributed by atoms with Crippen LogP contribution in [0.25, 0.3) is 11.6 Å². The molecule has 1 aliphatic heterocycles. The van der Waals surface area contributed by atoms with E-state index in [1.165, 1.54) is 0 Å². The SMILES string of the molecule is NC1=NCCc2nc(-c3ccco3)nn21. The van der Waals surface area contributed by atoms with Crippen molar-refractivity contribution in [2.75, 3.05) is 6.54 Å². The van der Waals surface area contributed by atoms with E-state index in [1.54, 1.807) is 17.0 Å². The minimum Gasteiger partial charge on any atom is -0.461 e. The van der Waals surface area contributed by atoms with E-state index in [1.807, 2.05) is 6.07 Å². The van der Waals surface area contributed by atoms with Crippen LogP contribution in [-0.4, -0.2) is 27.3 Å². The lowest BCUT2D eigenvalue weighted by atomic mass is 10.4. The highest BCUT2D eigenvalue weighted by atomic mass is 16.3. The Bertz CT molecular complexity index is 511. The molecular formula is C9H9N5O. The topological polar surface area (TPSA) is 82.2 Å². The first kappa shape index (κ1) is 8.22. The van der Waals surface area contributed by atoms with E-state index in [-0.39, 0.29) is 0 Å². The van der Waals surface area contributed by atoms with Gasteiger partial charge in [0.2, 0.25) is 11.8 Å². The smallest absolute Gasteiger partial charge is 0.218 e. The maximum absolute atomic E-state index is 5.69. The van der Waals surface area contributed by atoms with Gasteiger partial charge in [0.15, 0.2) is 5.76 Å². The second kappa shape index (κ2) is 2.94. The largest absolute Gasteiger partial charge is 0.461 e. The summed E-state index contributed by atoms with van der Waals surface area (Å²) in [5.41, 5.74) is 5.69. The van der Waals surface area contributed by atoms with Crippen LogP contribution in [0.15, 0.2) is 27.8 Å². The predicted molar refractivity (Wildman–Crippen MR) is 53.3 cm³/mol. The van der Waals surface area contributed by atoms with Crippen LogP contribution in [0.5, 0.6) is 0 Å². The molecule has 0 atom stereocenters. The van der Waals surface area contributed by atoms with Crippen molar-refractivity contribution in [3.05, 3.63) is 24.2 Å². The molecule has 0 amide bonds. The second-order valence-electron chi connectivity index (χ2n) is 3.23. The summed E-state index contributed by atoms with van der Waals surface area (Å²) in [6, 6.07) is 3.61. The number of furan rings is 1. The van der Waals surface area contributed by atoms with E-state index in [0.29, 0.717) is 24.1 Å².